The molecule has 0 spiro atoms. The van der Waals surface area contributed by atoms with Gasteiger partial charge < -0.3 is 20.8 Å². The SMILES string of the molecule is Cc1ccc(C(N)=NO)c(OCCO)c1. The normalized spacial score (nSPS) is 11.5. The van der Waals surface area contributed by atoms with Gasteiger partial charge in [0.25, 0.3) is 0 Å². The lowest BCUT2D eigenvalue weighted by molar-refractivity contribution is 0.201. The van der Waals surface area contributed by atoms with Crippen LogP contribution in [0.3, 0.4) is 0 Å². The number of hydrogen-bond acceptors (Lipinski definition) is 4. The highest BCUT2D eigenvalue weighted by molar-refractivity contribution is 5.99. The first kappa shape index (κ1) is 11.3. The van der Waals surface area contributed by atoms with E-state index in [1.165, 1.54) is 0 Å². The van der Waals surface area contributed by atoms with E-state index in [9.17, 15) is 0 Å². The van der Waals surface area contributed by atoms with E-state index in [0.29, 0.717) is 11.3 Å². The third-order valence-electron chi connectivity index (χ3n) is 1.87. The Kier molecular flexibility index (Phi) is 3.93. The maximum absolute atomic E-state index is 8.65. The van der Waals surface area contributed by atoms with Crippen LogP contribution in [0.5, 0.6) is 5.75 Å². The maximum Gasteiger partial charge on any atom is 0.173 e. The van der Waals surface area contributed by atoms with Crippen molar-refractivity contribution in [3.63, 3.8) is 0 Å². The first-order valence-electron chi connectivity index (χ1n) is 4.51. The molecule has 0 saturated carbocycles. The summed E-state index contributed by atoms with van der Waals surface area (Å²) >= 11 is 0. The number of nitrogens with two attached hydrogens (primary N) is 1. The summed E-state index contributed by atoms with van der Waals surface area (Å²) in [4.78, 5) is 0. The van der Waals surface area contributed by atoms with Gasteiger partial charge in [-0.1, -0.05) is 11.2 Å². The Morgan fingerprint density at radius 2 is 2.27 bits per heavy atom. The molecule has 0 atom stereocenters. The third kappa shape index (κ3) is 2.85. The first-order chi connectivity index (χ1) is 7.19. The smallest absolute Gasteiger partial charge is 0.173 e. The Morgan fingerprint density at radius 1 is 1.53 bits per heavy atom. The minimum atomic E-state index is -0.0798. The number of benzene rings is 1. The molecular formula is C10H14N2O3. The van der Waals surface area contributed by atoms with Crippen LogP contribution in [0.4, 0.5) is 0 Å². The molecule has 0 aliphatic heterocycles. The third-order valence-corrected chi connectivity index (χ3v) is 1.87. The molecule has 0 aliphatic rings. The fraction of sp³-hybridized carbons (Fsp3) is 0.300. The van der Waals surface area contributed by atoms with Gasteiger partial charge in [-0.2, -0.15) is 0 Å². The van der Waals surface area contributed by atoms with Gasteiger partial charge in [0.15, 0.2) is 5.84 Å². The van der Waals surface area contributed by atoms with Crippen LogP contribution in [0.15, 0.2) is 23.4 Å². The zero-order valence-electron chi connectivity index (χ0n) is 8.47. The lowest BCUT2D eigenvalue weighted by Crippen LogP contribution is -2.15. The largest absolute Gasteiger partial charge is 0.490 e. The van der Waals surface area contributed by atoms with E-state index < -0.39 is 0 Å². The van der Waals surface area contributed by atoms with Gasteiger partial charge >= 0.3 is 0 Å². The average Bonchev–Trinajstić information content (AvgIpc) is 2.25. The Hall–Kier alpha value is -1.75. The van der Waals surface area contributed by atoms with E-state index >= 15 is 0 Å². The molecular weight excluding hydrogens is 196 g/mol. The van der Waals surface area contributed by atoms with Crippen molar-refractivity contribution in [1.82, 2.24) is 0 Å². The summed E-state index contributed by atoms with van der Waals surface area (Å²) in [5.41, 5.74) is 6.98. The highest BCUT2D eigenvalue weighted by atomic mass is 16.5. The Labute approximate surface area is 87.8 Å². The molecule has 1 rings (SSSR count). The fourth-order valence-corrected chi connectivity index (χ4v) is 1.17. The predicted molar refractivity (Wildman–Crippen MR) is 56.3 cm³/mol. The molecule has 0 fully saturated rings. The first-order valence-corrected chi connectivity index (χ1v) is 4.51. The summed E-state index contributed by atoms with van der Waals surface area (Å²) in [5.74, 6) is 0.488. The van der Waals surface area contributed by atoms with Gasteiger partial charge in [-0.3, -0.25) is 0 Å². The minimum absolute atomic E-state index is 0.0112. The molecule has 15 heavy (non-hydrogen) atoms. The molecule has 0 heterocycles. The van der Waals surface area contributed by atoms with Crippen LogP contribution >= 0.6 is 0 Å². The number of ether oxygens (including phenoxy) is 1. The summed E-state index contributed by atoms with van der Waals surface area (Å²) in [6.45, 7) is 2.00. The molecule has 1 aromatic rings. The molecule has 0 bridgehead atoms. The van der Waals surface area contributed by atoms with Gasteiger partial charge in [0, 0.05) is 0 Å². The van der Waals surface area contributed by atoms with E-state index in [1.54, 1.807) is 12.1 Å². The number of nitrogens with zero attached hydrogens (tertiary/aromatic N) is 1. The van der Waals surface area contributed by atoms with Crippen LogP contribution in [0.1, 0.15) is 11.1 Å². The van der Waals surface area contributed by atoms with Gasteiger partial charge in [0.1, 0.15) is 12.4 Å². The zero-order chi connectivity index (χ0) is 11.3. The second-order valence-electron chi connectivity index (χ2n) is 3.06. The molecule has 4 N–H and O–H groups in total. The molecule has 0 aromatic heterocycles. The number of oxime groups is 1. The summed E-state index contributed by atoms with van der Waals surface area (Å²) in [6, 6.07) is 5.30. The van der Waals surface area contributed by atoms with Crippen molar-refractivity contribution in [2.45, 2.75) is 6.92 Å². The average molecular weight is 210 g/mol. The lowest BCUT2D eigenvalue weighted by atomic mass is 10.1. The van der Waals surface area contributed by atoms with Gasteiger partial charge in [-0.05, 0) is 24.6 Å². The zero-order valence-corrected chi connectivity index (χ0v) is 8.47. The quantitative estimate of drug-likeness (QED) is 0.291. The minimum Gasteiger partial charge on any atom is -0.490 e. The van der Waals surface area contributed by atoms with E-state index in [4.69, 9.17) is 20.8 Å². The fourth-order valence-electron chi connectivity index (χ4n) is 1.17. The van der Waals surface area contributed by atoms with Crippen molar-refractivity contribution in [3.8, 4) is 5.75 Å². The van der Waals surface area contributed by atoms with Crippen LogP contribution in [0.25, 0.3) is 0 Å². The van der Waals surface area contributed by atoms with E-state index in [2.05, 4.69) is 5.16 Å². The molecule has 0 radical (unpaired) electrons. The standard InChI is InChI=1S/C10H14N2O3/c1-7-2-3-8(10(11)12-14)9(6-7)15-5-4-13/h2-3,6,13-14H,4-5H2,1H3,(H2,11,12). The van der Waals surface area contributed by atoms with Gasteiger partial charge in [0.2, 0.25) is 0 Å². The van der Waals surface area contributed by atoms with E-state index in [1.807, 2.05) is 13.0 Å². The van der Waals surface area contributed by atoms with E-state index in [-0.39, 0.29) is 19.0 Å². The second kappa shape index (κ2) is 5.21. The molecule has 5 nitrogen and oxygen atoms in total. The molecule has 0 unspecified atom stereocenters. The van der Waals surface area contributed by atoms with Crippen molar-refractivity contribution in [1.29, 1.82) is 0 Å². The number of hydrogen-bond donors (Lipinski definition) is 3. The number of aryl methyl sites for hydroxylation is 1. The lowest BCUT2D eigenvalue weighted by Gasteiger charge is -2.10. The topological polar surface area (TPSA) is 88.1 Å². The number of rotatable bonds is 4. The van der Waals surface area contributed by atoms with Crippen molar-refractivity contribution in [2.75, 3.05) is 13.2 Å². The maximum atomic E-state index is 8.65. The van der Waals surface area contributed by atoms with Gasteiger partial charge in [-0.25, -0.2) is 0 Å². The van der Waals surface area contributed by atoms with E-state index in [0.717, 1.165) is 5.56 Å². The van der Waals surface area contributed by atoms with Crippen LogP contribution in [0, 0.1) is 6.92 Å². The highest BCUT2D eigenvalue weighted by Crippen LogP contribution is 2.19. The van der Waals surface area contributed by atoms with Crippen molar-refractivity contribution >= 4 is 5.84 Å². The summed E-state index contributed by atoms with van der Waals surface area (Å²) in [7, 11) is 0. The summed E-state index contributed by atoms with van der Waals surface area (Å²) < 4.78 is 5.27. The molecule has 5 heteroatoms. The Balaban J connectivity index is 3.03. The summed E-state index contributed by atoms with van der Waals surface area (Å²) in [5, 5.41) is 20.1. The van der Waals surface area contributed by atoms with Crippen LogP contribution in [-0.4, -0.2) is 29.4 Å². The highest BCUT2D eigenvalue weighted by Gasteiger charge is 2.08. The van der Waals surface area contributed by atoms with Gasteiger partial charge in [0.05, 0.1) is 12.2 Å². The Morgan fingerprint density at radius 3 is 2.87 bits per heavy atom. The Bertz CT molecular complexity index is 364. The molecule has 0 saturated heterocycles. The van der Waals surface area contributed by atoms with Gasteiger partial charge in [-0.15, -0.1) is 0 Å². The predicted octanol–water partition coefficient (Wildman–Crippen LogP) is 0.461. The molecule has 1 aromatic carbocycles. The van der Waals surface area contributed by atoms with Crippen LogP contribution < -0.4 is 10.5 Å². The van der Waals surface area contributed by atoms with Crippen molar-refractivity contribution < 1.29 is 15.1 Å². The van der Waals surface area contributed by atoms with Crippen molar-refractivity contribution in [2.24, 2.45) is 10.9 Å². The molecule has 0 aliphatic carbocycles. The molecule has 82 valence electrons. The number of aliphatic hydroxyl groups excluding tert-OH is 1. The second-order valence-corrected chi connectivity index (χ2v) is 3.06. The molecule has 0 amide bonds. The number of amidine groups is 1. The number of aliphatic hydroxyl groups is 1. The monoisotopic (exact) mass is 210 g/mol. The van der Waals surface area contributed by atoms with Crippen molar-refractivity contribution in [3.05, 3.63) is 29.3 Å². The van der Waals surface area contributed by atoms with Crippen LogP contribution in [0.2, 0.25) is 0 Å². The summed E-state index contributed by atoms with van der Waals surface area (Å²) in [6.07, 6.45) is 0. The van der Waals surface area contributed by atoms with Crippen LogP contribution in [-0.2, 0) is 0 Å².